The van der Waals surface area contributed by atoms with E-state index in [0.29, 0.717) is 13.2 Å². The Morgan fingerprint density at radius 1 is 1.46 bits per heavy atom. The number of aliphatic imine (C=N–C) groups is 1. The molecule has 1 atom stereocenters. The Kier molecular flexibility index (Phi) is 7.44. The van der Waals surface area contributed by atoms with Crippen molar-refractivity contribution in [1.29, 1.82) is 0 Å². The van der Waals surface area contributed by atoms with Crippen LogP contribution >= 0.6 is 35.3 Å². The summed E-state index contributed by atoms with van der Waals surface area (Å²) < 4.78 is 5.99. The normalized spacial score (nSPS) is 18.2. The minimum absolute atomic E-state index is 0. The van der Waals surface area contributed by atoms with Gasteiger partial charge in [-0.15, -0.1) is 35.3 Å². The van der Waals surface area contributed by atoms with Crippen LogP contribution in [0.25, 0.3) is 0 Å². The molecule has 130 valence electrons. The molecular formula is C17H23IN4OS. The van der Waals surface area contributed by atoms with Gasteiger partial charge in [-0.2, -0.15) is 0 Å². The zero-order valence-electron chi connectivity index (χ0n) is 13.9. The molecule has 1 fully saturated rings. The second kappa shape index (κ2) is 9.33. The van der Waals surface area contributed by atoms with Crippen molar-refractivity contribution in [1.82, 2.24) is 15.2 Å². The molecule has 0 radical (unpaired) electrons. The summed E-state index contributed by atoms with van der Waals surface area (Å²) in [7, 11) is 1.82. The lowest BCUT2D eigenvalue weighted by atomic mass is 10.0. The van der Waals surface area contributed by atoms with E-state index in [0.717, 1.165) is 24.1 Å². The first-order valence-electron chi connectivity index (χ1n) is 7.79. The lowest BCUT2D eigenvalue weighted by molar-refractivity contribution is -0.00833. The molecule has 24 heavy (non-hydrogen) atoms. The SMILES string of the molecule is CN=C(NCc1nccs1)N1CCOC(c2ccccc2C)C1.I. The molecule has 1 aliphatic rings. The van der Waals surface area contributed by atoms with Crippen LogP contribution in [0, 0.1) is 6.92 Å². The van der Waals surface area contributed by atoms with E-state index in [-0.39, 0.29) is 30.1 Å². The molecule has 1 unspecified atom stereocenters. The van der Waals surface area contributed by atoms with Gasteiger partial charge in [0.15, 0.2) is 5.96 Å². The maximum atomic E-state index is 5.99. The number of halogens is 1. The molecule has 1 aromatic heterocycles. The number of nitrogens with one attached hydrogen (secondary N) is 1. The van der Waals surface area contributed by atoms with E-state index in [9.17, 15) is 0 Å². The first kappa shape index (κ1) is 19.1. The largest absolute Gasteiger partial charge is 0.370 e. The number of thiazole rings is 1. The van der Waals surface area contributed by atoms with Crippen molar-refractivity contribution in [2.75, 3.05) is 26.7 Å². The van der Waals surface area contributed by atoms with Crippen LogP contribution in [-0.4, -0.2) is 42.6 Å². The summed E-state index contributed by atoms with van der Waals surface area (Å²) in [5, 5.41) is 6.45. The van der Waals surface area contributed by atoms with Crippen LogP contribution in [0.4, 0.5) is 0 Å². The summed E-state index contributed by atoms with van der Waals surface area (Å²) in [4.78, 5) is 11.0. The van der Waals surface area contributed by atoms with Crippen molar-refractivity contribution in [3.63, 3.8) is 0 Å². The Labute approximate surface area is 164 Å². The zero-order chi connectivity index (χ0) is 16.1. The summed E-state index contributed by atoms with van der Waals surface area (Å²) in [5.41, 5.74) is 2.53. The molecule has 5 nitrogen and oxygen atoms in total. The molecule has 1 N–H and O–H groups in total. The summed E-state index contributed by atoms with van der Waals surface area (Å²) in [6, 6.07) is 8.41. The van der Waals surface area contributed by atoms with Crippen LogP contribution in [0.3, 0.4) is 0 Å². The molecule has 0 bridgehead atoms. The highest BCUT2D eigenvalue weighted by Crippen LogP contribution is 2.25. The molecule has 2 aromatic rings. The van der Waals surface area contributed by atoms with Gasteiger partial charge in [0.25, 0.3) is 0 Å². The first-order valence-corrected chi connectivity index (χ1v) is 8.67. The quantitative estimate of drug-likeness (QED) is 0.436. The van der Waals surface area contributed by atoms with Gasteiger partial charge >= 0.3 is 0 Å². The summed E-state index contributed by atoms with van der Waals surface area (Å²) >= 11 is 1.65. The Morgan fingerprint density at radius 3 is 3.00 bits per heavy atom. The fraction of sp³-hybridized carbons (Fsp3) is 0.412. The highest BCUT2D eigenvalue weighted by Gasteiger charge is 2.25. The van der Waals surface area contributed by atoms with Crippen LogP contribution < -0.4 is 5.32 Å². The number of rotatable bonds is 3. The Bertz CT molecular complexity index is 662. The van der Waals surface area contributed by atoms with Crippen molar-refractivity contribution < 1.29 is 4.74 Å². The molecule has 2 heterocycles. The minimum Gasteiger partial charge on any atom is -0.370 e. The molecule has 0 aliphatic carbocycles. The molecule has 1 saturated heterocycles. The van der Waals surface area contributed by atoms with Crippen molar-refractivity contribution in [3.05, 3.63) is 52.0 Å². The van der Waals surface area contributed by atoms with Gasteiger partial charge in [0, 0.05) is 25.2 Å². The third-order valence-electron chi connectivity index (χ3n) is 3.99. The summed E-state index contributed by atoms with van der Waals surface area (Å²) in [5.74, 6) is 0.905. The topological polar surface area (TPSA) is 49.8 Å². The van der Waals surface area contributed by atoms with E-state index in [4.69, 9.17) is 4.74 Å². The lowest BCUT2D eigenvalue weighted by Gasteiger charge is -2.35. The van der Waals surface area contributed by atoms with E-state index >= 15 is 0 Å². The van der Waals surface area contributed by atoms with Gasteiger partial charge in [-0.05, 0) is 18.1 Å². The zero-order valence-corrected chi connectivity index (χ0v) is 17.1. The third kappa shape index (κ3) is 4.67. The van der Waals surface area contributed by atoms with Crippen LogP contribution in [0.15, 0.2) is 40.8 Å². The standard InChI is InChI=1S/C17H22N4OS.HI/c1-13-5-3-4-6-14(13)15-12-21(8-9-22-15)17(18-2)20-11-16-19-7-10-23-16;/h3-7,10,15H,8-9,11-12H2,1-2H3,(H,18,20);1H. The number of hydrogen-bond acceptors (Lipinski definition) is 4. The van der Waals surface area contributed by atoms with Gasteiger partial charge in [0.1, 0.15) is 11.1 Å². The number of hydrogen-bond donors (Lipinski definition) is 1. The molecule has 0 saturated carbocycles. The predicted molar refractivity (Wildman–Crippen MR) is 109 cm³/mol. The summed E-state index contributed by atoms with van der Waals surface area (Å²) in [6.07, 6.45) is 1.91. The monoisotopic (exact) mass is 458 g/mol. The van der Waals surface area contributed by atoms with Gasteiger partial charge in [-0.25, -0.2) is 4.98 Å². The molecule has 1 aliphatic heterocycles. The number of morpholine rings is 1. The van der Waals surface area contributed by atoms with Gasteiger partial charge < -0.3 is 15.0 Å². The van der Waals surface area contributed by atoms with E-state index in [1.165, 1.54) is 11.1 Å². The fourth-order valence-corrected chi connectivity index (χ4v) is 3.36. The highest BCUT2D eigenvalue weighted by atomic mass is 127. The second-order valence-corrected chi connectivity index (χ2v) is 6.47. The minimum atomic E-state index is 0. The van der Waals surface area contributed by atoms with E-state index in [1.807, 2.05) is 18.6 Å². The van der Waals surface area contributed by atoms with Crippen LogP contribution in [0.5, 0.6) is 0 Å². The highest BCUT2D eigenvalue weighted by molar-refractivity contribution is 14.0. The second-order valence-electron chi connectivity index (χ2n) is 5.49. The van der Waals surface area contributed by atoms with Crippen LogP contribution in [-0.2, 0) is 11.3 Å². The maximum Gasteiger partial charge on any atom is 0.194 e. The van der Waals surface area contributed by atoms with Gasteiger partial charge in [-0.3, -0.25) is 4.99 Å². The Hall–Kier alpha value is -1.19. The third-order valence-corrected chi connectivity index (χ3v) is 4.77. The molecule has 0 amide bonds. The number of aryl methyl sites for hydroxylation is 1. The number of aromatic nitrogens is 1. The molecule has 0 spiro atoms. The van der Waals surface area contributed by atoms with Gasteiger partial charge in [0.2, 0.25) is 0 Å². The Balaban J connectivity index is 0.00000208. The fourth-order valence-electron chi connectivity index (χ4n) is 2.81. The van der Waals surface area contributed by atoms with Crippen molar-refractivity contribution in [2.45, 2.75) is 19.6 Å². The van der Waals surface area contributed by atoms with Crippen molar-refractivity contribution in [2.24, 2.45) is 4.99 Å². The number of nitrogens with zero attached hydrogens (tertiary/aromatic N) is 3. The maximum absolute atomic E-state index is 5.99. The smallest absolute Gasteiger partial charge is 0.194 e. The van der Waals surface area contributed by atoms with E-state index in [2.05, 4.69) is 51.4 Å². The molecule has 1 aromatic carbocycles. The molecule has 7 heteroatoms. The van der Waals surface area contributed by atoms with E-state index < -0.39 is 0 Å². The Morgan fingerprint density at radius 2 is 2.29 bits per heavy atom. The number of benzene rings is 1. The van der Waals surface area contributed by atoms with E-state index in [1.54, 1.807) is 11.3 Å². The number of guanidine groups is 1. The van der Waals surface area contributed by atoms with Gasteiger partial charge in [0.05, 0.1) is 19.7 Å². The number of ether oxygens (including phenoxy) is 1. The predicted octanol–water partition coefficient (Wildman–Crippen LogP) is 3.22. The van der Waals surface area contributed by atoms with Crippen LogP contribution in [0.1, 0.15) is 22.2 Å². The molecule has 3 rings (SSSR count). The first-order chi connectivity index (χ1) is 11.3. The lowest BCUT2D eigenvalue weighted by Crippen LogP contribution is -2.48. The summed E-state index contributed by atoms with van der Waals surface area (Å²) in [6.45, 7) is 5.20. The van der Waals surface area contributed by atoms with Crippen molar-refractivity contribution >= 4 is 41.3 Å². The van der Waals surface area contributed by atoms with Crippen molar-refractivity contribution in [3.8, 4) is 0 Å². The van der Waals surface area contributed by atoms with Crippen LogP contribution in [0.2, 0.25) is 0 Å². The molecular weight excluding hydrogens is 435 g/mol. The van der Waals surface area contributed by atoms with Gasteiger partial charge in [-0.1, -0.05) is 24.3 Å². The average Bonchev–Trinajstić information content (AvgIpc) is 3.10. The average molecular weight is 458 g/mol.